The van der Waals surface area contributed by atoms with Gasteiger partial charge in [0.1, 0.15) is 11.6 Å². The van der Waals surface area contributed by atoms with E-state index in [0.717, 1.165) is 12.8 Å². The Morgan fingerprint density at radius 2 is 2.08 bits per heavy atom. The van der Waals surface area contributed by atoms with Gasteiger partial charge in [-0.3, -0.25) is 4.79 Å². The number of carboxylic acids is 1. The Balaban J connectivity index is 2.45. The second-order valence-corrected chi connectivity index (χ2v) is 5.28. The van der Waals surface area contributed by atoms with E-state index in [2.05, 4.69) is 17.6 Å². The summed E-state index contributed by atoms with van der Waals surface area (Å²) in [6.45, 7) is 3.78. The Labute approximate surface area is 147 Å². The van der Waals surface area contributed by atoms with Crippen molar-refractivity contribution >= 4 is 17.6 Å². The number of anilines is 1. The summed E-state index contributed by atoms with van der Waals surface area (Å²) in [6, 6.07) is 7.91. The first kappa shape index (κ1) is 20.2. The number of carboxylic acid groups (broad SMARTS) is 1. The Morgan fingerprint density at radius 1 is 1.32 bits per heavy atom. The molecule has 0 aliphatic rings. The minimum absolute atomic E-state index is 0.0902. The lowest BCUT2D eigenvalue weighted by Gasteiger charge is -2.06. The van der Waals surface area contributed by atoms with Crippen LogP contribution >= 0.6 is 0 Å². The molecule has 0 bridgehead atoms. The third kappa shape index (κ3) is 7.99. The number of rotatable bonds is 11. The number of ether oxygens (including phenoxy) is 1. The zero-order valence-corrected chi connectivity index (χ0v) is 14.2. The van der Waals surface area contributed by atoms with Crippen LogP contribution in [0.25, 0.3) is 0 Å². The lowest BCUT2D eigenvalue weighted by Crippen LogP contribution is -2.26. The first-order valence-corrected chi connectivity index (χ1v) is 8.14. The normalized spacial score (nSPS) is 10.8. The molecular formula is C18H23N3O4. The first-order valence-electron chi connectivity index (χ1n) is 8.14. The minimum Gasteiger partial charge on any atom is -0.478 e. The van der Waals surface area contributed by atoms with E-state index in [1.165, 1.54) is 18.3 Å². The van der Waals surface area contributed by atoms with Gasteiger partial charge in [-0.1, -0.05) is 19.4 Å². The maximum atomic E-state index is 11.9. The van der Waals surface area contributed by atoms with Crippen LogP contribution in [-0.4, -0.2) is 36.7 Å². The van der Waals surface area contributed by atoms with Crippen molar-refractivity contribution in [3.63, 3.8) is 0 Å². The molecule has 1 aromatic carbocycles. The van der Waals surface area contributed by atoms with Crippen LogP contribution in [0, 0.1) is 11.3 Å². The quantitative estimate of drug-likeness (QED) is 0.323. The molecule has 0 saturated carbocycles. The van der Waals surface area contributed by atoms with E-state index in [1.54, 1.807) is 12.1 Å². The number of nitrogens with one attached hydrogen (secondary N) is 2. The summed E-state index contributed by atoms with van der Waals surface area (Å²) >= 11 is 0. The molecule has 0 atom stereocenters. The fourth-order valence-corrected chi connectivity index (χ4v) is 1.87. The summed E-state index contributed by atoms with van der Waals surface area (Å²) < 4.78 is 5.39. The SMILES string of the molecule is CCCCOCCCNC(=O)/C(C#N)=C\Nc1cccc(C(=O)O)c1. The van der Waals surface area contributed by atoms with Crippen LogP contribution in [0.5, 0.6) is 0 Å². The van der Waals surface area contributed by atoms with Crippen LogP contribution in [0.15, 0.2) is 36.0 Å². The van der Waals surface area contributed by atoms with Crippen LogP contribution < -0.4 is 10.6 Å². The molecule has 25 heavy (non-hydrogen) atoms. The van der Waals surface area contributed by atoms with Crippen molar-refractivity contribution in [1.82, 2.24) is 5.32 Å². The highest BCUT2D eigenvalue weighted by molar-refractivity contribution is 5.97. The summed E-state index contributed by atoms with van der Waals surface area (Å²) in [5.41, 5.74) is 0.502. The number of carbonyl (C=O) groups is 2. The lowest BCUT2D eigenvalue weighted by atomic mass is 10.2. The topological polar surface area (TPSA) is 111 Å². The van der Waals surface area contributed by atoms with Gasteiger partial charge in [0.25, 0.3) is 5.91 Å². The minimum atomic E-state index is -1.05. The van der Waals surface area contributed by atoms with Crippen LogP contribution in [-0.2, 0) is 9.53 Å². The number of nitrogens with zero attached hydrogens (tertiary/aromatic N) is 1. The van der Waals surface area contributed by atoms with Gasteiger partial charge < -0.3 is 20.5 Å². The smallest absolute Gasteiger partial charge is 0.335 e. The molecule has 0 aliphatic carbocycles. The van der Waals surface area contributed by atoms with Crippen molar-refractivity contribution in [2.24, 2.45) is 0 Å². The Hall–Kier alpha value is -2.85. The van der Waals surface area contributed by atoms with Crippen LogP contribution in [0.4, 0.5) is 5.69 Å². The van der Waals surface area contributed by atoms with Crippen molar-refractivity contribution in [3.05, 3.63) is 41.6 Å². The monoisotopic (exact) mass is 345 g/mol. The molecular weight excluding hydrogens is 322 g/mol. The fraction of sp³-hybridized carbons (Fsp3) is 0.389. The van der Waals surface area contributed by atoms with Crippen LogP contribution in [0.1, 0.15) is 36.5 Å². The standard InChI is InChI=1S/C18H23N3O4/c1-2-3-9-25-10-5-8-20-17(22)15(12-19)13-21-16-7-4-6-14(11-16)18(23)24/h4,6-7,11,13,21H,2-3,5,8-10H2,1H3,(H,20,22)(H,23,24)/b15-13-. The van der Waals surface area contributed by atoms with Crippen LogP contribution in [0.2, 0.25) is 0 Å². The zero-order valence-electron chi connectivity index (χ0n) is 14.2. The summed E-state index contributed by atoms with van der Waals surface area (Å²) in [7, 11) is 0. The van der Waals surface area contributed by atoms with Gasteiger partial charge in [0.15, 0.2) is 0 Å². The average molecular weight is 345 g/mol. The number of hydrogen-bond donors (Lipinski definition) is 3. The second kappa shape index (κ2) is 11.6. The molecule has 3 N–H and O–H groups in total. The molecule has 1 amide bonds. The molecule has 0 heterocycles. The molecule has 0 aromatic heterocycles. The molecule has 7 heteroatoms. The molecule has 134 valence electrons. The van der Waals surface area contributed by atoms with E-state index in [0.29, 0.717) is 31.9 Å². The number of unbranched alkanes of at least 4 members (excludes halogenated alkanes) is 1. The Kier molecular flexibility index (Phi) is 9.41. The first-order chi connectivity index (χ1) is 12.1. The molecule has 1 rings (SSSR count). The van der Waals surface area contributed by atoms with Gasteiger partial charge in [-0.25, -0.2) is 4.79 Å². The number of amides is 1. The number of carbonyl (C=O) groups excluding carboxylic acids is 1. The average Bonchev–Trinajstić information content (AvgIpc) is 2.61. The number of benzene rings is 1. The molecule has 1 aromatic rings. The highest BCUT2D eigenvalue weighted by Gasteiger charge is 2.08. The summed E-state index contributed by atoms with van der Waals surface area (Å²) in [4.78, 5) is 22.8. The largest absolute Gasteiger partial charge is 0.478 e. The number of hydrogen-bond acceptors (Lipinski definition) is 5. The second-order valence-electron chi connectivity index (χ2n) is 5.28. The van der Waals surface area contributed by atoms with E-state index in [-0.39, 0.29) is 11.1 Å². The summed E-state index contributed by atoms with van der Waals surface area (Å²) in [6.07, 6.45) is 4.02. The highest BCUT2D eigenvalue weighted by atomic mass is 16.5. The third-order valence-electron chi connectivity index (χ3n) is 3.25. The predicted molar refractivity (Wildman–Crippen MR) is 94.1 cm³/mol. The molecule has 0 aliphatic heterocycles. The van der Waals surface area contributed by atoms with E-state index in [9.17, 15) is 9.59 Å². The van der Waals surface area contributed by atoms with Gasteiger partial charge in [-0.2, -0.15) is 5.26 Å². The molecule has 0 spiro atoms. The van der Waals surface area contributed by atoms with Crippen molar-refractivity contribution in [1.29, 1.82) is 5.26 Å². The third-order valence-corrected chi connectivity index (χ3v) is 3.25. The predicted octanol–water partition coefficient (Wildman–Crippen LogP) is 2.53. The molecule has 0 radical (unpaired) electrons. The van der Waals surface area contributed by atoms with E-state index in [4.69, 9.17) is 15.1 Å². The summed E-state index contributed by atoms with van der Waals surface area (Å²) in [5, 5.41) is 23.4. The molecule has 0 fully saturated rings. The fourth-order valence-electron chi connectivity index (χ4n) is 1.87. The van der Waals surface area contributed by atoms with E-state index >= 15 is 0 Å². The maximum Gasteiger partial charge on any atom is 0.335 e. The van der Waals surface area contributed by atoms with E-state index < -0.39 is 11.9 Å². The Bertz CT molecular complexity index is 650. The van der Waals surface area contributed by atoms with Gasteiger partial charge in [0.2, 0.25) is 0 Å². The highest BCUT2D eigenvalue weighted by Crippen LogP contribution is 2.11. The molecule has 0 saturated heterocycles. The zero-order chi connectivity index (χ0) is 18.5. The lowest BCUT2D eigenvalue weighted by molar-refractivity contribution is -0.117. The molecule has 7 nitrogen and oxygen atoms in total. The van der Waals surface area contributed by atoms with Gasteiger partial charge in [0.05, 0.1) is 5.56 Å². The van der Waals surface area contributed by atoms with Crippen molar-refractivity contribution in [3.8, 4) is 6.07 Å². The maximum absolute atomic E-state index is 11.9. The van der Waals surface area contributed by atoms with Crippen molar-refractivity contribution in [2.75, 3.05) is 25.1 Å². The van der Waals surface area contributed by atoms with Gasteiger partial charge in [0, 0.05) is 31.6 Å². The Morgan fingerprint density at radius 3 is 2.76 bits per heavy atom. The van der Waals surface area contributed by atoms with Crippen molar-refractivity contribution < 1.29 is 19.4 Å². The van der Waals surface area contributed by atoms with Gasteiger partial charge in [-0.15, -0.1) is 0 Å². The van der Waals surface area contributed by atoms with E-state index in [1.807, 2.05) is 6.07 Å². The van der Waals surface area contributed by atoms with Crippen LogP contribution in [0.3, 0.4) is 0 Å². The van der Waals surface area contributed by atoms with Gasteiger partial charge >= 0.3 is 5.97 Å². The number of nitriles is 1. The molecule has 0 unspecified atom stereocenters. The van der Waals surface area contributed by atoms with Gasteiger partial charge in [-0.05, 0) is 31.0 Å². The number of aromatic carboxylic acids is 1. The van der Waals surface area contributed by atoms with Crippen molar-refractivity contribution in [2.45, 2.75) is 26.2 Å². The summed E-state index contributed by atoms with van der Waals surface area (Å²) in [5.74, 6) is -1.54.